The van der Waals surface area contributed by atoms with E-state index < -0.39 is 0 Å². The molecule has 1 aliphatic heterocycles. The van der Waals surface area contributed by atoms with E-state index in [0.29, 0.717) is 0 Å². The minimum absolute atomic E-state index is 0.0838. The van der Waals surface area contributed by atoms with Crippen molar-refractivity contribution in [3.63, 3.8) is 0 Å². The first-order valence-electron chi connectivity index (χ1n) is 6.99. The molecule has 3 atom stereocenters. The standard InChI is InChI=1S/C15H23ClN2S/c1-3-12-10-18(8-9-19-12)15(11(2)17)13-6-4-5-7-14(13)16/h4-7,11-12,15H,3,8-10,17H2,1-2H3. The van der Waals surface area contributed by atoms with Crippen LogP contribution in [0.3, 0.4) is 0 Å². The fraction of sp³-hybridized carbons (Fsp3) is 0.600. The van der Waals surface area contributed by atoms with Gasteiger partial charge >= 0.3 is 0 Å². The molecule has 106 valence electrons. The van der Waals surface area contributed by atoms with E-state index in [1.807, 2.05) is 18.2 Å². The Kier molecular flexibility index (Phi) is 5.58. The molecule has 4 heteroatoms. The zero-order valence-electron chi connectivity index (χ0n) is 11.7. The van der Waals surface area contributed by atoms with Gasteiger partial charge in [0.2, 0.25) is 0 Å². The van der Waals surface area contributed by atoms with Gasteiger partial charge in [0.25, 0.3) is 0 Å². The summed E-state index contributed by atoms with van der Waals surface area (Å²) in [4.78, 5) is 2.51. The maximum absolute atomic E-state index is 6.37. The number of hydrogen-bond acceptors (Lipinski definition) is 3. The number of nitrogens with zero attached hydrogens (tertiary/aromatic N) is 1. The summed E-state index contributed by atoms with van der Waals surface area (Å²) in [6.45, 7) is 6.55. The molecule has 1 aliphatic rings. The van der Waals surface area contributed by atoms with Crippen LogP contribution in [0.5, 0.6) is 0 Å². The predicted octanol–water partition coefficient (Wildman–Crippen LogP) is 3.56. The van der Waals surface area contributed by atoms with E-state index in [-0.39, 0.29) is 12.1 Å². The monoisotopic (exact) mass is 298 g/mol. The van der Waals surface area contributed by atoms with Gasteiger partial charge in [-0.2, -0.15) is 11.8 Å². The highest BCUT2D eigenvalue weighted by Crippen LogP contribution is 2.33. The Labute approximate surface area is 125 Å². The largest absolute Gasteiger partial charge is 0.326 e. The maximum atomic E-state index is 6.37. The van der Waals surface area contributed by atoms with Crippen molar-refractivity contribution >= 4 is 23.4 Å². The van der Waals surface area contributed by atoms with E-state index in [1.54, 1.807) is 0 Å². The van der Waals surface area contributed by atoms with Crippen LogP contribution < -0.4 is 5.73 Å². The minimum Gasteiger partial charge on any atom is -0.326 e. The smallest absolute Gasteiger partial charge is 0.0511 e. The molecule has 3 unspecified atom stereocenters. The molecule has 2 rings (SSSR count). The third-order valence-electron chi connectivity index (χ3n) is 3.74. The van der Waals surface area contributed by atoms with Gasteiger partial charge in [-0.1, -0.05) is 36.7 Å². The minimum atomic E-state index is 0.0838. The van der Waals surface area contributed by atoms with Gasteiger partial charge in [0.15, 0.2) is 0 Å². The van der Waals surface area contributed by atoms with Crippen LogP contribution in [0.4, 0.5) is 0 Å². The number of hydrogen-bond donors (Lipinski definition) is 1. The van der Waals surface area contributed by atoms with Crippen molar-refractivity contribution in [2.24, 2.45) is 5.73 Å². The topological polar surface area (TPSA) is 29.3 Å². The van der Waals surface area contributed by atoms with Crippen molar-refractivity contribution < 1.29 is 0 Å². The molecule has 0 saturated carbocycles. The fourth-order valence-electron chi connectivity index (χ4n) is 2.77. The van der Waals surface area contributed by atoms with Crippen LogP contribution in [0.25, 0.3) is 0 Å². The maximum Gasteiger partial charge on any atom is 0.0511 e. The van der Waals surface area contributed by atoms with Gasteiger partial charge in [-0.05, 0) is 25.0 Å². The van der Waals surface area contributed by atoms with Gasteiger partial charge in [0.1, 0.15) is 0 Å². The molecular weight excluding hydrogens is 276 g/mol. The normalized spacial score (nSPS) is 24.1. The summed E-state index contributed by atoms with van der Waals surface area (Å²) in [6.07, 6.45) is 1.22. The number of halogens is 1. The number of thioether (sulfide) groups is 1. The Hall–Kier alpha value is -0.220. The summed E-state index contributed by atoms with van der Waals surface area (Å²) >= 11 is 8.45. The second kappa shape index (κ2) is 6.98. The molecule has 2 nitrogen and oxygen atoms in total. The number of benzene rings is 1. The lowest BCUT2D eigenvalue weighted by Gasteiger charge is -2.40. The SMILES string of the molecule is CCC1CN(C(c2ccccc2Cl)C(C)N)CCS1. The first-order chi connectivity index (χ1) is 9.13. The summed E-state index contributed by atoms with van der Waals surface area (Å²) in [5.74, 6) is 1.19. The zero-order valence-corrected chi connectivity index (χ0v) is 13.3. The fourth-order valence-corrected chi connectivity index (χ4v) is 4.22. The van der Waals surface area contributed by atoms with Crippen molar-refractivity contribution in [1.29, 1.82) is 0 Å². The highest BCUT2D eigenvalue weighted by Gasteiger charge is 2.29. The molecule has 0 aliphatic carbocycles. The molecule has 0 aromatic heterocycles. The highest BCUT2D eigenvalue weighted by atomic mass is 35.5. The van der Waals surface area contributed by atoms with Gasteiger partial charge in [-0.3, -0.25) is 4.90 Å². The molecule has 1 heterocycles. The van der Waals surface area contributed by atoms with Crippen molar-refractivity contribution in [1.82, 2.24) is 4.90 Å². The quantitative estimate of drug-likeness (QED) is 0.921. The van der Waals surface area contributed by atoms with E-state index >= 15 is 0 Å². The summed E-state index contributed by atoms with van der Waals surface area (Å²) in [7, 11) is 0. The third kappa shape index (κ3) is 3.66. The Morgan fingerprint density at radius 2 is 2.21 bits per heavy atom. The van der Waals surface area contributed by atoms with Crippen LogP contribution in [0.2, 0.25) is 5.02 Å². The van der Waals surface area contributed by atoms with E-state index in [9.17, 15) is 0 Å². The average molecular weight is 299 g/mol. The second-order valence-electron chi connectivity index (χ2n) is 5.22. The molecule has 19 heavy (non-hydrogen) atoms. The van der Waals surface area contributed by atoms with Crippen molar-refractivity contribution in [3.8, 4) is 0 Å². The first kappa shape index (κ1) is 15.2. The molecule has 1 saturated heterocycles. The van der Waals surface area contributed by atoms with Crippen molar-refractivity contribution in [2.75, 3.05) is 18.8 Å². The van der Waals surface area contributed by atoms with Crippen LogP contribution in [0.1, 0.15) is 31.9 Å². The first-order valence-corrected chi connectivity index (χ1v) is 8.41. The lowest BCUT2D eigenvalue weighted by Crippen LogP contribution is -2.46. The zero-order chi connectivity index (χ0) is 13.8. The Morgan fingerprint density at radius 1 is 1.47 bits per heavy atom. The molecule has 0 radical (unpaired) electrons. The molecule has 2 N–H and O–H groups in total. The lowest BCUT2D eigenvalue weighted by molar-refractivity contribution is 0.181. The van der Waals surface area contributed by atoms with Gasteiger partial charge in [0, 0.05) is 35.2 Å². The predicted molar refractivity (Wildman–Crippen MR) is 86.0 cm³/mol. The van der Waals surface area contributed by atoms with E-state index in [4.69, 9.17) is 17.3 Å². The third-order valence-corrected chi connectivity index (χ3v) is 5.46. The van der Waals surface area contributed by atoms with Crippen LogP contribution in [-0.4, -0.2) is 35.0 Å². The molecule has 1 aromatic carbocycles. The summed E-state index contributed by atoms with van der Waals surface area (Å²) < 4.78 is 0. The van der Waals surface area contributed by atoms with Crippen LogP contribution in [0.15, 0.2) is 24.3 Å². The Bertz CT molecular complexity index is 411. The van der Waals surface area contributed by atoms with Gasteiger partial charge < -0.3 is 5.73 Å². The highest BCUT2D eigenvalue weighted by molar-refractivity contribution is 8.00. The summed E-state index contributed by atoms with van der Waals surface area (Å²) in [6, 6.07) is 8.41. The van der Waals surface area contributed by atoms with E-state index in [1.165, 1.54) is 17.7 Å². The Balaban J connectivity index is 2.23. The molecular formula is C15H23ClN2S. The van der Waals surface area contributed by atoms with Gasteiger partial charge in [-0.25, -0.2) is 0 Å². The summed E-state index contributed by atoms with van der Waals surface area (Å²) in [5.41, 5.74) is 7.42. The van der Waals surface area contributed by atoms with E-state index in [0.717, 1.165) is 23.4 Å². The summed E-state index contributed by atoms with van der Waals surface area (Å²) in [5, 5.41) is 1.55. The van der Waals surface area contributed by atoms with Gasteiger partial charge in [0.05, 0.1) is 6.04 Å². The Morgan fingerprint density at radius 3 is 2.84 bits per heavy atom. The molecule has 1 fully saturated rings. The molecule has 0 amide bonds. The van der Waals surface area contributed by atoms with Gasteiger partial charge in [-0.15, -0.1) is 0 Å². The lowest BCUT2D eigenvalue weighted by atomic mass is 9.98. The molecule has 0 bridgehead atoms. The number of rotatable bonds is 4. The average Bonchev–Trinajstić information content (AvgIpc) is 2.41. The van der Waals surface area contributed by atoms with E-state index in [2.05, 4.69) is 36.6 Å². The van der Waals surface area contributed by atoms with Crippen LogP contribution in [0, 0.1) is 0 Å². The van der Waals surface area contributed by atoms with Crippen LogP contribution >= 0.6 is 23.4 Å². The molecule has 1 aromatic rings. The van der Waals surface area contributed by atoms with Crippen molar-refractivity contribution in [3.05, 3.63) is 34.9 Å². The van der Waals surface area contributed by atoms with Crippen molar-refractivity contribution in [2.45, 2.75) is 37.6 Å². The molecule has 0 spiro atoms. The second-order valence-corrected chi connectivity index (χ2v) is 7.04. The van der Waals surface area contributed by atoms with Crippen LogP contribution in [-0.2, 0) is 0 Å². The number of nitrogens with two attached hydrogens (primary N) is 1.